The Bertz CT molecular complexity index is 486. The van der Waals surface area contributed by atoms with E-state index in [2.05, 4.69) is 0 Å². The lowest BCUT2D eigenvalue weighted by Crippen LogP contribution is -2.36. The topological polar surface area (TPSA) is 57.6 Å². The highest BCUT2D eigenvalue weighted by molar-refractivity contribution is 6.30. The molecule has 0 unspecified atom stereocenters. The predicted octanol–water partition coefficient (Wildman–Crippen LogP) is 3.11. The number of aryl methyl sites for hydroxylation is 1. The zero-order valence-electron chi connectivity index (χ0n) is 11.3. The van der Waals surface area contributed by atoms with Gasteiger partial charge in [-0.25, -0.2) is 0 Å². The number of aliphatic carboxylic acids is 1. The second kappa shape index (κ2) is 6.57. The van der Waals surface area contributed by atoms with E-state index in [0.29, 0.717) is 10.7 Å². The van der Waals surface area contributed by atoms with E-state index in [4.69, 9.17) is 16.7 Å². The smallest absolute Gasteiger partial charge is 0.305 e. The molecule has 1 amide bonds. The summed E-state index contributed by atoms with van der Waals surface area (Å²) in [6.07, 6.45) is -0.0828. The fourth-order valence-electron chi connectivity index (χ4n) is 1.79. The summed E-state index contributed by atoms with van der Waals surface area (Å²) in [5, 5.41) is 9.38. The molecule has 0 heterocycles. The first-order valence-corrected chi connectivity index (χ1v) is 6.50. The molecule has 0 saturated carbocycles. The van der Waals surface area contributed by atoms with E-state index in [1.165, 1.54) is 4.90 Å². The van der Waals surface area contributed by atoms with Gasteiger partial charge in [0, 0.05) is 23.2 Å². The Morgan fingerprint density at radius 3 is 2.47 bits per heavy atom. The molecule has 0 atom stereocenters. The standard InChI is InChI=1S/C14H18ClNO3/c1-9(2)14(19)16(7-6-13(17)18)12-5-4-11(15)8-10(12)3/h4-5,8-9H,6-7H2,1-3H3,(H,17,18). The van der Waals surface area contributed by atoms with Crippen molar-refractivity contribution in [2.24, 2.45) is 5.92 Å². The van der Waals surface area contributed by atoms with Gasteiger partial charge in [0.05, 0.1) is 6.42 Å². The molecule has 0 aliphatic heterocycles. The van der Waals surface area contributed by atoms with Gasteiger partial charge >= 0.3 is 5.97 Å². The van der Waals surface area contributed by atoms with E-state index in [1.807, 2.05) is 6.92 Å². The number of rotatable bonds is 5. The number of nitrogens with zero attached hydrogens (tertiary/aromatic N) is 1. The monoisotopic (exact) mass is 283 g/mol. The number of hydrogen-bond acceptors (Lipinski definition) is 2. The van der Waals surface area contributed by atoms with E-state index in [1.54, 1.807) is 32.0 Å². The summed E-state index contributed by atoms with van der Waals surface area (Å²) in [5.41, 5.74) is 1.57. The van der Waals surface area contributed by atoms with Crippen LogP contribution in [0.25, 0.3) is 0 Å². The van der Waals surface area contributed by atoms with Crippen molar-refractivity contribution < 1.29 is 14.7 Å². The van der Waals surface area contributed by atoms with Crippen molar-refractivity contribution >= 4 is 29.2 Å². The average Bonchev–Trinajstić information content (AvgIpc) is 2.30. The molecule has 0 saturated heterocycles. The van der Waals surface area contributed by atoms with Crippen LogP contribution in [-0.4, -0.2) is 23.5 Å². The molecule has 4 nitrogen and oxygen atoms in total. The van der Waals surface area contributed by atoms with Gasteiger partial charge in [-0.2, -0.15) is 0 Å². The van der Waals surface area contributed by atoms with Crippen LogP contribution in [-0.2, 0) is 9.59 Å². The lowest BCUT2D eigenvalue weighted by Gasteiger charge is -2.25. The number of carboxylic acids is 1. The van der Waals surface area contributed by atoms with E-state index in [0.717, 1.165) is 5.56 Å². The van der Waals surface area contributed by atoms with Gasteiger partial charge in [0.25, 0.3) is 0 Å². The molecule has 1 rings (SSSR count). The number of anilines is 1. The summed E-state index contributed by atoms with van der Waals surface area (Å²) in [6.45, 7) is 5.60. The van der Waals surface area contributed by atoms with Crippen LogP contribution in [0.5, 0.6) is 0 Å². The van der Waals surface area contributed by atoms with Crippen molar-refractivity contribution in [2.45, 2.75) is 27.2 Å². The van der Waals surface area contributed by atoms with Gasteiger partial charge in [-0.15, -0.1) is 0 Å². The Morgan fingerprint density at radius 2 is 2.00 bits per heavy atom. The van der Waals surface area contributed by atoms with E-state index in [9.17, 15) is 9.59 Å². The largest absolute Gasteiger partial charge is 0.481 e. The van der Waals surface area contributed by atoms with Crippen molar-refractivity contribution in [3.05, 3.63) is 28.8 Å². The highest BCUT2D eigenvalue weighted by Gasteiger charge is 2.21. The summed E-state index contributed by atoms with van der Waals surface area (Å²) >= 11 is 5.89. The normalized spacial score (nSPS) is 10.6. The molecule has 0 radical (unpaired) electrons. The van der Waals surface area contributed by atoms with Crippen LogP contribution in [0, 0.1) is 12.8 Å². The number of benzene rings is 1. The molecular weight excluding hydrogens is 266 g/mol. The first-order valence-electron chi connectivity index (χ1n) is 6.12. The fourth-order valence-corrected chi connectivity index (χ4v) is 2.02. The minimum atomic E-state index is -0.923. The number of amides is 1. The van der Waals surface area contributed by atoms with Crippen LogP contribution in [0.15, 0.2) is 18.2 Å². The minimum absolute atomic E-state index is 0.0828. The van der Waals surface area contributed by atoms with Crippen molar-refractivity contribution in [1.82, 2.24) is 0 Å². The molecule has 0 aliphatic rings. The second-order valence-electron chi connectivity index (χ2n) is 4.72. The van der Waals surface area contributed by atoms with Crippen LogP contribution < -0.4 is 4.90 Å². The molecule has 0 aliphatic carbocycles. The first kappa shape index (κ1) is 15.5. The quantitative estimate of drug-likeness (QED) is 0.903. The van der Waals surface area contributed by atoms with Gasteiger partial charge < -0.3 is 10.0 Å². The summed E-state index contributed by atoms with van der Waals surface area (Å²) < 4.78 is 0. The number of carboxylic acid groups (broad SMARTS) is 1. The number of halogens is 1. The Labute approximate surface area is 118 Å². The molecule has 0 bridgehead atoms. The Kier molecular flexibility index (Phi) is 5.36. The molecule has 1 aromatic carbocycles. The molecule has 104 valence electrons. The van der Waals surface area contributed by atoms with Crippen molar-refractivity contribution in [2.75, 3.05) is 11.4 Å². The maximum absolute atomic E-state index is 12.2. The lowest BCUT2D eigenvalue weighted by atomic mass is 10.1. The predicted molar refractivity (Wildman–Crippen MR) is 75.6 cm³/mol. The molecule has 0 fully saturated rings. The Hall–Kier alpha value is -1.55. The Balaban J connectivity index is 3.07. The third kappa shape index (κ3) is 4.24. The summed E-state index contributed by atoms with van der Waals surface area (Å²) in [7, 11) is 0. The minimum Gasteiger partial charge on any atom is -0.481 e. The summed E-state index contributed by atoms with van der Waals surface area (Å²) in [4.78, 5) is 24.4. The SMILES string of the molecule is Cc1cc(Cl)ccc1N(CCC(=O)O)C(=O)C(C)C. The van der Waals surface area contributed by atoms with Gasteiger partial charge in [-0.1, -0.05) is 25.4 Å². The van der Waals surface area contributed by atoms with Crippen LogP contribution in [0.4, 0.5) is 5.69 Å². The molecule has 0 aromatic heterocycles. The molecule has 1 N–H and O–H groups in total. The van der Waals surface area contributed by atoms with E-state index in [-0.39, 0.29) is 24.8 Å². The van der Waals surface area contributed by atoms with Crippen LogP contribution in [0.1, 0.15) is 25.8 Å². The van der Waals surface area contributed by atoms with Crippen molar-refractivity contribution in [1.29, 1.82) is 0 Å². The molecule has 0 spiro atoms. The third-order valence-corrected chi connectivity index (χ3v) is 2.99. The van der Waals surface area contributed by atoms with Crippen LogP contribution in [0.3, 0.4) is 0 Å². The zero-order valence-corrected chi connectivity index (χ0v) is 12.1. The summed E-state index contributed by atoms with van der Waals surface area (Å²) in [6, 6.07) is 5.21. The fraction of sp³-hybridized carbons (Fsp3) is 0.429. The third-order valence-electron chi connectivity index (χ3n) is 2.76. The van der Waals surface area contributed by atoms with Crippen LogP contribution >= 0.6 is 11.6 Å². The van der Waals surface area contributed by atoms with Gasteiger partial charge in [-0.3, -0.25) is 9.59 Å². The van der Waals surface area contributed by atoms with Crippen molar-refractivity contribution in [3.8, 4) is 0 Å². The second-order valence-corrected chi connectivity index (χ2v) is 5.16. The molecule has 1 aromatic rings. The maximum atomic E-state index is 12.2. The van der Waals surface area contributed by atoms with Crippen molar-refractivity contribution in [3.63, 3.8) is 0 Å². The van der Waals surface area contributed by atoms with Crippen LogP contribution in [0.2, 0.25) is 5.02 Å². The van der Waals surface area contributed by atoms with E-state index < -0.39 is 5.97 Å². The van der Waals surface area contributed by atoms with E-state index >= 15 is 0 Å². The van der Waals surface area contributed by atoms with Gasteiger partial charge in [0.1, 0.15) is 0 Å². The number of carbonyl (C=O) groups is 2. The van der Waals surface area contributed by atoms with Gasteiger partial charge in [-0.05, 0) is 30.7 Å². The maximum Gasteiger partial charge on any atom is 0.305 e. The number of hydrogen-bond donors (Lipinski definition) is 1. The van der Waals surface area contributed by atoms with Gasteiger partial charge in [0.2, 0.25) is 5.91 Å². The molecule has 5 heteroatoms. The summed E-state index contributed by atoms with van der Waals surface area (Å²) in [5.74, 6) is -1.20. The highest BCUT2D eigenvalue weighted by Crippen LogP contribution is 2.25. The Morgan fingerprint density at radius 1 is 1.37 bits per heavy atom. The first-order chi connectivity index (χ1) is 8.82. The van der Waals surface area contributed by atoms with Gasteiger partial charge in [0.15, 0.2) is 0 Å². The zero-order chi connectivity index (χ0) is 14.6. The average molecular weight is 284 g/mol. The highest BCUT2D eigenvalue weighted by atomic mass is 35.5. The number of carbonyl (C=O) groups excluding carboxylic acids is 1. The molecular formula is C14H18ClNO3. The molecule has 19 heavy (non-hydrogen) atoms. The lowest BCUT2D eigenvalue weighted by molar-refractivity contribution is -0.136.